The minimum Gasteiger partial charge on any atom is -0.406 e. The molecule has 4 aromatic heterocycles. The number of aliphatic hydroxyl groups is 1. The fourth-order valence-corrected chi connectivity index (χ4v) is 8.06. The van der Waals surface area contributed by atoms with Crippen LogP contribution in [0.5, 0.6) is 11.5 Å². The monoisotopic (exact) mass is 1070 g/mol. The highest BCUT2D eigenvalue weighted by molar-refractivity contribution is 6.30. The van der Waals surface area contributed by atoms with Gasteiger partial charge in [-0.2, -0.15) is 0 Å². The number of aryl methyl sites for hydroxylation is 2. The second kappa shape index (κ2) is 22.2. The third kappa shape index (κ3) is 12.0. The molecule has 0 spiro atoms. The zero-order valence-electron chi connectivity index (χ0n) is 39.2. The summed E-state index contributed by atoms with van der Waals surface area (Å²) in [4.78, 5) is 88.2. The van der Waals surface area contributed by atoms with E-state index in [2.05, 4.69) is 19.4 Å². The van der Waals surface area contributed by atoms with E-state index < -0.39 is 58.3 Å². The van der Waals surface area contributed by atoms with Gasteiger partial charge in [-0.05, 0) is 72.5 Å². The summed E-state index contributed by atoms with van der Waals surface area (Å²) in [5.41, 5.74) is -1.70. The number of carbonyl (C=O) groups is 2. The van der Waals surface area contributed by atoms with Crippen molar-refractivity contribution >= 4 is 57.1 Å². The highest BCUT2D eigenvalue weighted by Gasteiger charge is 2.33. The SMILES string of the molecule is CCCCn1c(=O)c2c(nc(C(=O)c3cccc(OC(F)(F)F)c3)n2Cc2ccc(Cl)cc2)n(C)c1=O.Cn1c(=O)n(CCCO)c(=O)c2c1nc(C(=O)c1cccc(OC(F)(F)F)c1)n2Cc1ccc(Cl)cc1. The Morgan fingerprint density at radius 1 is 0.581 bits per heavy atom. The number of rotatable bonds is 16. The summed E-state index contributed by atoms with van der Waals surface area (Å²) < 4.78 is 91.2. The zero-order valence-corrected chi connectivity index (χ0v) is 40.7. The molecule has 0 amide bonds. The summed E-state index contributed by atoms with van der Waals surface area (Å²) in [5, 5.41) is 10.1. The summed E-state index contributed by atoms with van der Waals surface area (Å²) in [6, 6.07) is 22.3. The number of imidazole rings is 2. The smallest absolute Gasteiger partial charge is 0.406 e. The number of aliphatic hydroxyl groups excluding tert-OH is 1. The van der Waals surface area contributed by atoms with Crippen molar-refractivity contribution in [3.05, 3.63) is 183 Å². The number of benzene rings is 4. The Balaban J connectivity index is 0.000000216. The number of fused-ring (bicyclic) bond motifs is 2. The molecule has 74 heavy (non-hydrogen) atoms. The number of nitrogens with zero attached hydrogens (tertiary/aromatic N) is 8. The van der Waals surface area contributed by atoms with Gasteiger partial charge in [0, 0.05) is 55.0 Å². The summed E-state index contributed by atoms with van der Waals surface area (Å²) in [7, 11) is 2.82. The topological polar surface area (TPSA) is 196 Å². The van der Waals surface area contributed by atoms with Crippen LogP contribution in [-0.2, 0) is 40.3 Å². The second-order valence-corrected chi connectivity index (χ2v) is 17.4. The number of ketones is 2. The molecule has 8 rings (SSSR count). The van der Waals surface area contributed by atoms with Gasteiger partial charge in [0.2, 0.25) is 11.6 Å². The Bertz CT molecular complexity index is 3420. The van der Waals surface area contributed by atoms with Crippen LogP contribution in [0.3, 0.4) is 0 Å². The van der Waals surface area contributed by atoms with Crippen molar-refractivity contribution < 1.29 is 50.5 Å². The van der Waals surface area contributed by atoms with E-state index in [9.17, 15) is 60.2 Å². The fraction of sp³-hybridized carbons (Fsp3) is 0.265. The van der Waals surface area contributed by atoms with E-state index in [-0.39, 0.29) is 84.3 Å². The van der Waals surface area contributed by atoms with E-state index in [1.807, 2.05) is 6.92 Å². The maximum atomic E-state index is 13.5. The summed E-state index contributed by atoms with van der Waals surface area (Å²) in [5.74, 6) is -3.18. The Morgan fingerprint density at radius 2 is 0.959 bits per heavy atom. The fourth-order valence-electron chi connectivity index (χ4n) is 7.81. The van der Waals surface area contributed by atoms with Crippen LogP contribution >= 0.6 is 23.2 Å². The van der Waals surface area contributed by atoms with E-state index in [4.69, 9.17) is 23.2 Å². The molecule has 1 N–H and O–H groups in total. The van der Waals surface area contributed by atoms with Crippen molar-refractivity contribution in [2.24, 2.45) is 14.1 Å². The molecule has 0 aliphatic carbocycles. The van der Waals surface area contributed by atoms with Crippen LogP contribution in [0.1, 0.15) is 69.7 Å². The van der Waals surface area contributed by atoms with Crippen LogP contribution in [0.25, 0.3) is 22.3 Å². The normalized spacial score (nSPS) is 11.7. The lowest BCUT2D eigenvalue weighted by molar-refractivity contribution is -0.275. The molecule has 0 fully saturated rings. The summed E-state index contributed by atoms with van der Waals surface area (Å²) >= 11 is 12.0. The maximum Gasteiger partial charge on any atom is 0.573 e. The van der Waals surface area contributed by atoms with E-state index in [0.29, 0.717) is 27.6 Å². The quantitative estimate of drug-likeness (QED) is 0.0738. The first-order valence-corrected chi connectivity index (χ1v) is 23.1. The van der Waals surface area contributed by atoms with Crippen molar-refractivity contribution in [2.75, 3.05) is 6.61 Å². The first kappa shape index (κ1) is 54.0. The molecule has 4 heterocycles. The second-order valence-electron chi connectivity index (χ2n) is 16.5. The average molecular weight is 1070 g/mol. The Labute approximate surface area is 423 Å². The first-order valence-electron chi connectivity index (χ1n) is 22.3. The molecule has 388 valence electrons. The number of aromatic nitrogens is 8. The average Bonchev–Trinajstić information content (AvgIpc) is 3.92. The lowest BCUT2D eigenvalue weighted by Crippen LogP contribution is -2.40. The summed E-state index contributed by atoms with van der Waals surface area (Å²) in [6.45, 7) is 1.79. The van der Waals surface area contributed by atoms with Gasteiger partial charge in [-0.25, -0.2) is 19.6 Å². The van der Waals surface area contributed by atoms with Crippen LogP contribution in [0.4, 0.5) is 26.3 Å². The van der Waals surface area contributed by atoms with Crippen molar-refractivity contribution in [1.82, 2.24) is 37.4 Å². The molecule has 0 saturated carbocycles. The van der Waals surface area contributed by atoms with Gasteiger partial charge in [-0.1, -0.05) is 85.1 Å². The highest BCUT2D eigenvalue weighted by atomic mass is 35.5. The Morgan fingerprint density at radius 3 is 1.31 bits per heavy atom. The molecule has 0 bridgehead atoms. The van der Waals surface area contributed by atoms with Crippen LogP contribution in [0.15, 0.2) is 116 Å². The molecule has 4 aromatic carbocycles. The van der Waals surface area contributed by atoms with Gasteiger partial charge in [0.25, 0.3) is 11.1 Å². The number of hydrogen-bond acceptors (Lipinski definition) is 11. The predicted molar refractivity (Wildman–Crippen MR) is 259 cm³/mol. The number of alkyl halides is 6. The van der Waals surface area contributed by atoms with Crippen molar-refractivity contribution in [2.45, 2.75) is 65.1 Å². The third-order valence-corrected chi connectivity index (χ3v) is 11.8. The molecule has 0 aliphatic rings. The minimum absolute atomic E-state index is 0.0113. The molecule has 0 atom stereocenters. The lowest BCUT2D eigenvalue weighted by Gasteiger charge is -2.12. The first-order chi connectivity index (χ1) is 35.0. The van der Waals surface area contributed by atoms with E-state index >= 15 is 0 Å². The van der Waals surface area contributed by atoms with E-state index in [1.165, 1.54) is 52.1 Å². The largest absolute Gasteiger partial charge is 0.573 e. The number of carbonyl (C=O) groups excluding carboxylic acids is 2. The Kier molecular flexibility index (Phi) is 16.2. The van der Waals surface area contributed by atoms with Gasteiger partial charge in [0.1, 0.15) is 11.5 Å². The van der Waals surface area contributed by atoms with Crippen LogP contribution in [0, 0.1) is 0 Å². The molecule has 17 nitrogen and oxygen atoms in total. The van der Waals surface area contributed by atoms with Gasteiger partial charge in [0.15, 0.2) is 34.0 Å². The molecule has 0 radical (unpaired) electrons. The van der Waals surface area contributed by atoms with Crippen molar-refractivity contribution in [1.29, 1.82) is 0 Å². The van der Waals surface area contributed by atoms with Gasteiger partial charge in [-0.15, -0.1) is 26.3 Å². The van der Waals surface area contributed by atoms with E-state index in [1.54, 1.807) is 48.5 Å². The van der Waals surface area contributed by atoms with E-state index in [0.717, 1.165) is 44.4 Å². The van der Waals surface area contributed by atoms with Crippen LogP contribution < -0.4 is 32.0 Å². The van der Waals surface area contributed by atoms with Crippen LogP contribution in [0.2, 0.25) is 10.0 Å². The Hall–Kier alpha value is -7.76. The van der Waals surface area contributed by atoms with Gasteiger partial charge < -0.3 is 23.7 Å². The minimum atomic E-state index is -4.96. The third-order valence-electron chi connectivity index (χ3n) is 11.3. The number of ether oxygens (including phenoxy) is 2. The predicted octanol–water partition coefficient (Wildman–Crippen LogP) is 7.64. The van der Waals surface area contributed by atoms with Gasteiger partial charge in [0.05, 0.1) is 13.1 Å². The molecule has 8 aromatic rings. The zero-order chi connectivity index (χ0) is 53.8. The van der Waals surface area contributed by atoms with Crippen LogP contribution in [-0.4, -0.2) is 73.4 Å². The standard InChI is InChI=1S/C25H22ClF3N4O4.C24H20ClF3N4O5/c1-3-4-12-32-23(35)19-21(31(2)24(32)36)30-22(33(19)14-15-8-10-17(26)11-9-15)20(34)16-6-5-7-18(13-16)37-25(27,28)29;1-30-20-18(22(35)31(23(30)36)10-3-11-33)32(13-14-6-8-16(25)9-7-14)21(29-20)19(34)15-4-2-5-17(12-15)37-24(26,27)28/h5-11,13H,3-4,12,14H2,1-2H3;2,4-9,12,33H,3,10-11,13H2,1H3. The maximum absolute atomic E-state index is 13.5. The van der Waals surface area contributed by atoms with Gasteiger partial charge in [-0.3, -0.25) is 37.4 Å². The number of halogens is 8. The molecular formula is C49H42Cl2F6N8O9. The van der Waals surface area contributed by atoms with Crippen molar-refractivity contribution in [3.63, 3.8) is 0 Å². The molecular weight excluding hydrogens is 1030 g/mol. The van der Waals surface area contributed by atoms with Gasteiger partial charge >= 0.3 is 24.1 Å². The highest BCUT2D eigenvalue weighted by Crippen LogP contribution is 2.28. The summed E-state index contributed by atoms with van der Waals surface area (Å²) in [6.07, 6.45) is -8.42. The molecule has 25 heteroatoms. The number of hydrogen-bond donors (Lipinski definition) is 1. The lowest BCUT2D eigenvalue weighted by atomic mass is 10.1. The molecule has 0 aliphatic heterocycles. The number of unbranched alkanes of at least 4 members (excludes halogenated alkanes) is 1. The molecule has 0 saturated heterocycles. The molecule has 0 unspecified atom stereocenters. The van der Waals surface area contributed by atoms with Crippen molar-refractivity contribution in [3.8, 4) is 11.5 Å².